The van der Waals surface area contributed by atoms with Crippen LogP contribution in [0.3, 0.4) is 0 Å². The van der Waals surface area contributed by atoms with Crippen LogP contribution >= 0.6 is 0 Å². The first kappa shape index (κ1) is 29.4. The van der Waals surface area contributed by atoms with Crippen molar-refractivity contribution in [1.29, 1.82) is 0 Å². The Kier molecular flexibility index (Phi) is 7.49. The molecule has 0 saturated carbocycles. The van der Waals surface area contributed by atoms with E-state index in [1.54, 1.807) is 6.20 Å². The summed E-state index contributed by atoms with van der Waals surface area (Å²) < 4.78 is 6.16. The smallest absolute Gasteiger partial charge is 0.153 e. The molecule has 0 N–H and O–H groups in total. The van der Waals surface area contributed by atoms with Crippen molar-refractivity contribution in [3.63, 3.8) is 0 Å². The molecule has 2 heterocycles. The predicted octanol–water partition coefficient (Wildman–Crippen LogP) is 13.1. The molecule has 3 heteroatoms. The van der Waals surface area contributed by atoms with E-state index in [0.29, 0.717) is 0 Å². The molecule has 0 amide bonds. The number of pyridine rings is 1. The van der Waals surface area contributed by atoms with Crippen molar-refractivity contribution in [2.45, 2.75) is 0 Å². The molecule has 236 valence electrons. The quantitative estimate of drug-likeness (QED) is 0.174. The molecule has 0 aliphatic carbocycles. The molecule has 0 unspecified atom stereocenters. The summed E-state index contributed by atoms with van der Waals surface area (Å²) in [7, 11) is 0. The van der Waals surface area contributed by atoms with Crippen molar-refractivity contribution in [2.75, 3.05) is 4.90 Å². The van der Waals surface area contributed by atoms with Crippen LogP contribution in [0.4, 0.5) is 17.1 Å². The summed E-state index contributed by atoms with van der Waals surface area (Å²) in [5.41, 5.74) is 14.3. The van der Waals surface area contributed by atoms with Gasteiger partial charge in [-0.15, -0.1) is 0 Å². The van der Waals surface area contributed by atoms with Gasteiger partial charge >= 0.3 is 0 Å². The molecule has 0 saturated heterocycles. The van der Waals surface area contributed by atoms with Gasteiger partial charge in [0.25, 0.3) is 0 Å². The second-order valence-corrected chi connectivity index (χ2v) is 12.4. The molecule has 7 aromatic carbocycles. The number of aromatic nitrogens is 1. The Morgan fingerprint density at radius 3 is 1.50 bits per heavy atom. The summed E-state index contributed by atoms with van der Waals surface area (Å²) in [6, 6.07) is 64.7. The molecule has 0 radical (unpaired) electrons. The van der Waals surface area contributed by atoms with Gasteiger partial charge in [0, 0.05) is 33.9 Å². The van der Waals surface area contributed by atoms with E-state index in [2.05, 4.69) is 186 Å². The van der Waals surface area contributed by atoms with E-state index < -0.39 is 0 Å². The molecule has 0 bridgehead atoms. The Morgan fingerprint density at radius 1 is 0.380 bits per heavy atom. The third-order valence-electron chi connectivity index (χ3n) is 9.41. The highest BCUT2D eigenvalue weighted by Crippen LogP contribution is 2.43. The van der Waals surface area contributed by atoms with Crippen LogP contribution in [0, 0.1) is 0 Å². The summed E-state index contributed by atoms with van der Waals surface area (Å²) in [5, 5.41) is 2.11. The third kappa shape index (κ3) is 5.51. The maximum absolute atomic E-state index is 6.16. The topological polar surface area (TPSA) is 29.3 Å². The monoisotopic (exact) mass is 640 g/mol. The van der Waals surface area contributed by atoms with E-state index in [1.807, 2.05) is 12.3 Å². The Bertz CT molecular complexity index is 2550. The molecular formula is C47H32N2O. The van der Waals surface area contributed by atoms with Gasteiger partial charge in [0.15, 0.2) is 5.58 Å². The van der Waals surface area contributed by atoms with Crippen LogP contribution in [-0.2, 0) is 0 Å². The van der Waals surface area contributed by atoms with E-state index in [4.69, 9.17) is 4.42 Å². The Balaban J connectivity index is 1.14. The van der Waals surface area contributed by atoms with Crippen LogP contribution in [0.1, 0.15) is 0 Å². The number of benzene rings is 7. The third-order valence-corrected chi connectivity index (χ3v) is 9.41. The van der Waals surface area contributed by atoms with E-state index in [9.17, 15) is 0 Å². The van der Waals surface area contributed by atoms with Gasteiger partial charge in [0.1, 0.15) is 5.58 Å². The molecule has 0 aliphatic rings. The van der Waals surface area contributed by atoms with Crippen LogP contribution < -0.4 is 4.90 Å². The fraction of sp³-hybridized carbons (Fsp3) is 0. The van der Waals surface area contributed by atoms with E-state index in [-0.39, 0.29) is 0 Å². The van der Waals surface area contributed by atoms with Gasteiger partial charge in [-0.25, -0.2) is 0 Å². The number of rotatable bonds is 7. The number of nitrogens with zero attached hydrogens (tertiary/aromatic N) is 2. The SMILES string of the molecule is c1ccc(-c2ccc(-c3ccc(N(c4ccc5oc6cnccc6c5c4)c4ccccc4-c4ccc(-c5ccccc5)cc4)cc3)cc2)cc1. The van der Waals surface area contributed by atoms with Crippen LogP contribution in [-0.4, -0.2) is 4.98 Å². The van der Waals surface area contributed by atoms with Crippen LogP contribution in [0.2, 0.25) is 0 Å². The summed E-state index contributed by atoms with van der Waals surface area (Å²) >= 11 is 0. The molecule has 0 atom stereocenters. The fourth-order valence-corrected chi connectivity index (χ4v) is 6.86. The highest BCUT2D eigenvalue weighted by atomic mass is 16.3. The second-order valence-electron chi connectivity index (χ2n) is 12.4. The Labute approximate surface area is 291 Å². The zero-order chi connectivity index (χ0) is 33.3. The van der Waals surface area contributed by atoms with Gasteiger partial charge in [0.2, 0.25) is 0 Å². The van der Waals surface area contributed by atoms with E-state index in [0.717, 1.165) is 50.1 Å². The minimum atomic E-state index is 0.785. The molecule has 0 aliphatic heterocycles. The fourth-order valence-electron chi connectivity index (χ4n) is 6.86. The number of fused-ring (bicyclic) bond motifs is 3. The number of hydrogen-bond acceptors (Lipinski definition) is 3. The molecule has 9 aromatic rings. The molecule has 0 fully saturated rings. The van der Waals surface area contributed by atoms with Gasteiger partial charge in [-0.2, -0.15) is 0 Å². The maximum Gasteiger partial charge on any atom is 0.153 e. The second kappa shape index (κ2) is 12.7. The standard InChI is InChI=1S/C47H32N2O/c1-3-9-33(10-4-1)35-15-17-37(18-16-35)38-23-25-40(26-24-38)49(41-27-28-46-44(31-41)43-29-30-48-32-47(43)50-46)45-14-8-7-13-42(45)39-21-19-36(20-22-39)34-11-5-2-6-12-34/h1-32H. The van der Waals surface area contributed by atoms with Gasteiger partial charge in [-0.05, 0) is 81.4 Å². The Hall–Kier alpha value is -6.71. The predicted molar refractivity (Wildman–Crippen MR) is 208 cm³/mol. The van der Waals surface area contributed by atoms with Gasteiger partial charge < -0.3 is 9.32 Å². The van der Waals surface area contributed by atoms with Crippen molar-refractivity contribution in [2.24, 2.45) is 0 Å². The van der Waals surface area contributed by atoms with Crippen molar-refractivity contribution in [1.82, 2.24) is 4.98 Å². The van der Waals surface area contributed by atoms with E-state index >= 15 is 0 Å². The number of hydrogen-bond donors (Lipinski definition) is 0. The van der Waals surface area contributed by atoms with Crippen LogP contribution in [0.5, 0.6) is 0 Å². The van der Waals surface area contributed by atoms with Crippen LogP contribution in [0.15, 0.2) is 199 Å². The lowest BCUT2D eigenvalue weighted by Crippen LogP contribution is -2.11. The molecule has 3 nitrogen and oxygen atoms in total. The molecular weight excluding hydrogens is 609 g/mol. The summed E-state index contributed by atoms with van der Waals surface area (Å²) in [5.74, 6) is 0. The van der Waals surface area contributed by atoms with Crippen molar-refractivity contribution in [3.05, 3.63) is 194 Å². The normalized spacial score (nSPS) is 11.2. The van der Waals surface area contributed by atoms with Gasteiger partial charge in [0.05, 0.1) is 11.9 Å². The number of para-hydroxylation sites is 1. The van der Waals surface area contributed by atoms with Crippen molar-refractivity contribution >= 4 is 39.0 Å². The zero-order valence-electron chi connectivity index (χ0n) is 27.3. The zero-order valence-corrected chi connectivity index (χ0v) is 27.3. The largest absolute Gasteiger partial charge is 0.454 e. The summed E-state index contributed by atoms with van der Waals surface area (Å²) in [6.07, 6.45) is 3.60. The van der Waals surface area contributed by atoms with Gasteiger partial charge in [-0.3, -0.25) is 4.98 Å². The molecule has 9 rings (SSSR count). The minimum Gasteiger partial charge on any atom is -0.454 e. The Morgan fingerprint density at radius 2 is 0.880 bits per heavy atom. The molecule has 50 heavy (non-hydrogen) atoms. The minimum absolute atomic E-state index is 0.785. The first-order valence-electron chi connectivity index (χ1n) is 16.9. The number of furan rings is 1. The summed E-state index contributed by atoms with van der Waals surface area (Å²) in [6.45, 7) is 0. The highest BCUT2D eigenvalue weighted by molar-refractivity contribution is 6.06. The summed E-state index contributed by atoms with van der Waals surface area (Å²) in [4.78, 5) is 6.63. The molecule has 0 spiro atoms. The first-order chi connectivity index (χ1) is 24.8. The van der Waals surface area contributed by atoms with Crippen molar-refractivity contribution < 1.29 is 4.42 Å². The van der Waals surface area contributed by atoms with Gasteiger partial charge in [-0.1, -0.05) is 140 Å². The lowest BCUT2D eigenvalue weighted by molar-refractivity contribution is 0.667. The van der Waals surface area contributed by atoms with Crippen molar-refractivity contribution in [3.8, 4) is 44.5 Å². The van der Waals surface area contributed by atoms with Crippen LogP contribution in [0.25, 0.3) is 66.4 Å². The van der Waals surface area contributed by atoms with E-state index in [1.165, 1.54) is 33.4 Å². The number of anilines is 3. The average molecular weight is 641 g/mol. The maximum atomic E-state index is 6.16. The lowest BCUT2D eigenvalue weighted by atomic mass is 9.98. The average Bonchev–Trinajstić information content (AvgIpc) is 3.57. The molecule has 2 aromatic heterocycles. The first-order valence-corrected chi connectivity index (χ1v) is 16.9. The lowest BCUT2D eigenvalue weighted by Gasteiger charge is -2.28. The highest BCUT2D eigenvalue weighted by Gasteiger charge is 2.19.